The van der Waals surface area contributed by atoms with Gasteiger partial charge in [-0.25, -0.2) is 0 Å². The van der Waals surface area contributed by atoms with Gasteiger partial charge in [0, 0.05) is 44.6 Å². The lowest BCUT2D eigenvalue weighted by Gasteiger charge is -2.31. The molecule has 10 nitrogen and oxygen atoms in total. The minimum atomic E-state index is -0.301. The van der Waals surface area contributed by atoms with E-state index in [1.807, 2.05) is 24.9 Å². The Morgan fingerprint density at radius 1 is 1.26 bits per heavy atom. The molecular formula is C25H37N7O3. The second-order valence-corrected chi connectivity index (χ2v) is 9.20. The molecule has 2 fully saturated rings. The SMILES string of the molecule is CCOc1ccc(NC(=O)C2CNCCN2)cc1C1=NN(CC2CCCC2)/C(=C(/C)NC)C(=O)N1. The zero-order valence-corrected chi connectivity index (χ0v) is 20.9. The molecule has 1 aliphatic carbocycles. The van der Waals surface area contributed by atoms with Crippen LogP contribution in [-0.2, 0) is 9.59 Å². The number of hydrogen-bond donors (Lipinski definition) is 5. The van der Waals surface area contributed by atoms with Gasteiger partial charge in [0.1, 0.15) is 11.4 Å². The first-order chi connectivity index (χ1) is 17.0. The van der Waals surface area contributed by atoms with Gasteiger partial charge in [-0.05, 0) is 50.8 Å². The Hall–Kier alpha value is -3.11. The molecule has 0 aromatic heterocycles. The first-order valence-electron chi connectivity index (χ1n) is 12.6. The number of allylic oxidation sites excluding steroid dienone is 1. The number of hydrogen-bond acceptors (Lipinski definition) is 8. The number of anilines is 1. The molecule has 2 amide bonds. The molecule has 1 unspecified atom stereocenters. The third-order valence-corrected chi connectivity index (χ3v) is 6.72. The Morgan fingerprint density at radius 2 is 2.06 bits per heavy atom. The Balaban J connectivity index is 1.65. The van der Waals surface area contributed by atoms with Crippen molar-refractivity contribution in [2.75, 3.05) is 45.2 Å². The van der Waals surface area contributed by atoms with Crippen molar-refractivity contribution in [3.8, 4) is 5.75 Å². The molecule has 1 aromatic rings. The molecule has 1 saturated carbocycles. The number of carbonyl (C=O) groups excluding carboxylic acids is 2. The number of carbonyl (C=O) groups is 2. The highest BCUT2D eigenvalue weighted by Gasteiger charge is 2.31. The summed E-state index contributed by atoms with van der Waals surface area (Å²) in [4.78, 5) is 26.0. The van der Waals surface area contributed by atoms with Crippen molar-refractivity contribution in [2.45, 2.75) is 45.6 Å². The van der Waals surface area contributed by atoms with Crippen molar-refractivity contribution in [1.29, 1.82) is 0 Å². The maximum absolute atomic E-state index is 13.2. The lowest BCUT2D eigenvalue weighted by Crippen LogP contribution is -2.54. The van der Waals surface area contributed by atoms with E-state index in [1.54, 1.807) is 19.2 Å². The molecular weight excluding hydrogens is 446 g/mol. The minimum absolute atomic E-state index is 0.111. The molecule has 4 rings (SSSR count). The highest BCUT2D eigenvalue weighted by Crippen LogP contribution is 2.30. The van der Waals surface area contributed by atoms with Crippen LogP contribution in [0, 0.1) is 5.92 Å². The van der Waals surface area contributed by atoms with E-state index in [2.05, 4.69) is 26.6 Å². The quantitative estimate of drug-likeness (QED) is 0.354. The van der Waals surface area contributed by atoms with Crippen LogP contribution in [0.4, 0.5) is 5.69 Å². The van der Waals surface area contributed by atoms with Crippen molar-refractivity contribution in [3.63, 3.8) is 0 Å². The second-order valence-electron chi connectivity index (χ2n) is 9.20. The lowest BCUT2D eigenvalue weighted by atomic mass is 10.1. The van der Waals surface area contributed by atoms with E-state index in [0.717, 1.165) is 31.6 Å². The molecule has 1 atom stereocenters. The topological polar surface area (TPSA) is 119 Å². The van der Waals surface area contributed by atoms with Gasteiger partial charge in [0.25, 0.3) is 5.91 Å². The van der Waals surface area contributed by atoms with Gasteiger partial charge in [0.2, 0.25) is 5.91 Å². The number of nitrogens with one attached hydrogen (secondary N) is 5. The van der Waals surface area contributed by atoms with E-state index in [4.69, 9.17) is 9.84 Å². The third-order valence-electron chi connectivity index (χ3n) is 6.72. The lowest BCUT2D eigenvalue weighted by molar-refractivity contribution is -0.119. The standard InChI is InChI=1S/C25H37N7O3/c1-4-35-21-10-9-18(29-24(33)20-14-27-11-12-28-20)13-19(21)23-30-25(34)22(16(2)26-3)32(31-23)15-17-7-5-6-8-17/h9-10,13,17,20,26-28H,4-8,11-12,14-15H2,1-3H3,(H,29,33)(H,30,31,34)/b22-16-. The van der Waals surface area contributed by atoms with Crippen molar-refractivity contribution in [3.05, 3.63) is 35.2 Å². The largest absolute Gasteiger partial charge is 0.493 e. The molecule has 2 heterocycles. The van der Waals surface area contributed by atoms with Crippen LogP contribution in [0.5, 0.6) is 5.75 Å². The number of amidine groups is 1. The van der Waals surface area contributed by atoms with Crippen LogP contribution >= 0.6 is 0 Å². The summed E-state index contributed by atoms with van der Waals surface area (Å²) in [6.45, 7) is 7.11. The minimum Gasteiger partial charge on any atom is -0.493 e. The summed E-state index contributed by atoms with van der Waals surface area (Å²) in [7, 11) is 1.80. The Labute approximate surface area is 206 Å². The maximum Gasteiger partial charge on any atom is 0.276 e. The predicted octanol–water partition coefficient (Wildman–Crippen LogP) is 1.32. The summed E-state index contributed by atoms with van der Waals surface area (Å²) >= 11 is 0. The van der Waals surface area contributed by atoms with Gasteiger partial charge in [0.05, 0.1) is 18.2 Å². The van der Waals surface area contributed by atoms with Gasteiger partial charge in [-0.15, -0.1) is 0 Å². The molecule has 0 radical (unpaired) electrons. The number of hydrazone groups is 1. The molecule has 1 aromatic carbocycles. The van der Waals surface area contributed by atoms with Gasteiger partial charge < -0.3 is 31.3 Å². The third kappa shape index (κ3) is 5.94. The zero-order chi connectivity index (χ0) is 24.8. The van der Waals surface area contributed by atoms with Crippen molar-refractivity contribution >= 4 is 23.3 Å². The summed E-state index contributed by atoms with van der Waals surface area (Å²) in [5.41, 5.74) is 2.54. The Bertz CT molecular complexity index is 995. The van der Waals surface area contributed by atoms with Gasteiger partial charge in [-0.1, -0.05) is 12.8 Å². The fourth-order valence-electron chi connectivity index (χ4n) is 4.80. The normalized spacial score (nSPS) is 22.4. The van der Waals surface area contributed by atoms with Crippen LogP contribution in [0.3, 0.4) is 0 Å². The van der Waals surface area contributed by atoms with E-state index in [1.165, 1.54) is 12.8 Å². The van der Waals surface area contributed by atoms with Crippen LogP contribution in [0.25, 0.3) is 0 Å². The van der Waals surface area contributed by atoms with Crippen LogP contribution in [0.1, 0.15) is 45.1 Å². The molecule has 5 N–H and O–H groups in total. The maximum atomic E-state index is 13.2. The monoisotopic (exact) mass is 483 g/mol. The van der Waals surface area contributed by atoms with E-state index in [0.29, 0.717) is 54.1 Å². The molecule has 2 aliphatic heterocycles. The molecule has 10 heteroatoms. The van der Waals surface area contributed by atoms with Crippen LogP contribution in [-0.4, -0.2) is 68.5 Å². The zero-order valence-electron chi connectivity index (χ0n) is 20.9. The highest BCUT2D eigenvalue weighted by atomic mass is 16.5. The predicted molar refractivity (Wildman–Crippen MR) is 136 cm³/mol. The number of amides is 2. The summed E-state index contributed by atoms with van der Waals surface area (Å²) < 4.78 is 5.86. The summed E-state index contributed by atoms with van der Waals surface area (Å²) in [6, 6.07) is 5.12. The number of nitrogens with zero attached hydrogens (tertiary/aromatic N) is 2. The van der Waals surface area contributed by atoms with Gasteiger partial charge >= 0.3 is 0 Å². The Kier molecular flexibility index (Phi) is 8.25. The molecule has 0 bridgehead atoms. The van der Waals surface area contributed by atoms with Crippen LogP contribution in [0.15, 0.2) is 34.7 Å². The number of ether oxygens (including phenoxy) is 1. The summed E-state index contributed by atoms with van der Waals surface area (Å²) in [5, 5.41) is 22.2. The fourth-order valence-corrected chi connectivity index (χ4v) is 4.80. The average molecular weight is 484 g/mol. The van der Waals surface area contributed by atoms with Crippen molar-refractivity contribution in [2.24, 2.45) is 11.0 Å². The van der Waals surface area contributed by atoms with Gasteiger partial charge in [-0.2, -0.15) is 5.10 Å². The van der Waals surface area contributed by atoms with Gasteiger partial charge in [-0.3, -0.25) is 14.6 Å². The Morgan fingerprint density at radius 3 is 2.74 bits per heavy atom. The fraction of sp³-hybridized carbons (Fsp3) is 0.560. The van der Waals surface area contributed by atoms with E-state index < -0.39 is 0 Å². The van der Waals surface area contributed by atoms with Crippen LogP contribution < -0.4 is 31.3 Å². The van der Waals surface area contributed by atoms with Crippen molar-refractivity contribution in [1.82, 2.24) is 26.3 Å². The van der Waals surface area contributed by atoms with Crippen molar-refractivity contribution < 1.29 is 14.3 Å². The molecule has 35 heavy (non-hydrogen) atoms. The average Bonchev–Trinajstić information content (AvgIpc) is 3.38. The molecule has 0 spiro atoms. The molecule has 3 aliphatic rings. The molecule has 1 saturated heterocycles. The van der Waals surface area contributed by atoms with Gasteiger partial charge in [0.15, 0.2) is 5.84 Å². The smallest absolute Gasteiger partial charge is 0.276 e. The second kappa shape index (κ2) is 11.5. The first-order valence-corrected chi connectivity index (χ1v) is 12.6. The van der Waals surface area contributed by atoms with E-state index >= 15 is 0 Å². The number of benzene rings is 1. The van der Waals surface area contributed by atoms with E-state index in [9.17, 15) is 9.59 Å². The molecule has 190 valence electrons. The summed E-state index contributed by atoms with van der Waals surface area (Å²) in [5.74, 6) is 1.19. The number of piperazine rings is 1. The van der Waals surface area contributed by atoms with E-state index in [-0.39, 0.29) is 17.9 Å². The highest BCUT2D eigenvalue weighted by molar-refractivity contribution is 6.15. The number of rotatable bonds is 8. The van der Waals surface area contributed by atoms with Crippen LogP contribution in [0.2, 0.25) is 0 Å². The first kappa shape index (κ1) is 25.0. The summed E-state index contributed by atoms with van der Waals surface area (Å²) in [6.07, 6.45) is 4.72.